The summed E-state index contributed by atoms with van der Waals surface area (Å²) in [5.74, 6) is -2.11. The molecule has 7 nitrogen and oxygen atoms in total. The standard InChI is InChI=1S/C11H14N2O5S2.Na/c1-4(12-18)3-19-11-7(10(16)17)13-8(15)6(5(2)14)9(13)20-11;/h5-6,9,14,18H,3H2,1-2H3,(H,16,17);/q;+1/p-1/t5?,6-,9+;/m0./s1. The van der Waals surface area contributed by atoms with Crippen LogP contribution in [0.4, 0.5) is 0 Å². The van der Waals surface area contributed by atoms with Crippen molar-refractivity contribution in [1.29, 1.82) is 0 Å². The Morgan fingerprint density at radius 3 is 2.71 bits per heavy atom. The molecule has 0 aromatic carbocycles. The summed E-state index contributed by atoms with van der Waals surface area (Å²) < 4.78 is 0.439. The molecule has 0 bridgehead atoms. The summed E-state index contributed by atoms with van der Waals surface area (Å²) >= 11 is 2.39. The second kappa shape index (κ2) is 7.38. The average molecular weight is 340 g/mol. The number of amides is 1. The molecule has 2 N–H and O–H groups in total. The molecule has 0 aliphatic carbocycles. The van der Waals surface area contributed by atoms with E-state index in [4.69, 9.17) is 5.21 Å². The van der Waals surface area contributed by atoms with E-state index >= 15 is 0 Å². The van der Waals surface area contributed by atoms with Gasteiger partial charge in [-0.1, -0.05) is 16.9 Å². The molecule has 0 radical (unpaired) electrons. The summed E-state index contributed by atoms with van der Waals surface area (Å²) in [6.07, 6.45) is -0.829. The van der Waals surface area contributed by atoms with E-state index in [2.05, 4.69) is 5.16 Å². The number of hydrogen-bond donors (Lipinski definition) is 2. The largest absolute Gasteiger partial charge is 1.00 e. The fourth-order valence-corrected chi connectivity index (χ4v) is 4.82. The van der Waals surface area contributed by atoms with Gasteiger partial charge in [0.15, 0.2) is 0 Å². The Kier molecular flexibility index (Phi) is 6.63. The number of carboxylic acid groups (broad SMARTS) is 1. The topological polar surface area (TPSA) is 113 Å². The Hall–Kier alpha value is -0.190. The summed E-state index contributed by atoms with van der Waals surface area (Å²) in [4.78, 5) is 24.3. The number of fused-ring (bicyclic) bond motifs is 1. The van der Waals surface area contributed by atoms with Crippen LogP contribution in [0.15, 0.2) is 15.1 Å². The molecule has 10 heteroatoms. The molecule has 0 aromatic rings. The second-order valence-corrected chi connectivity index (χ2v) is 6.90. The van der Waals surface area contributed by atoms with Crippen LogP contribution in [0, 0.1) is 5.92 Å². The number of carbonyl (C=O) groups is 2. The number of aliphatic hydroxyl groups excluding tert-OH is 1. The van der Waals surface area contributed by atoms with Crippen molar-refractivity contribution in [2.24, 2.45) is 11.1 Å². The van der Waals surface area contributed by atoms with E-state index < -0.39 is 29.3 Å². The third-order valence-corrected chi connectivity index (χ3v) is 5.86. The number of nitrogens with zero attached hydrogens (tertiary/aromatic N) is 2. The van der Waals surface area contributed by atoms with Gasteiger partial charge in [-0.3, -0.25) is 9.69 Å². The molecule has 0 spiro atoms. The van der Waals surface area contributed by atoms with Gasteiger partial charge in [0.1, 0.15) is 5.37 Å². The van der Waals surface area contributed by atoms with E-state index in [0.29, 0.717) is 15.7 Å². The minimum atomic E-state index is -1.42. The quantitative estimate of drug-likeness (QED) is 0.175. The molecule has 2 aliphatic heterocycles. The third-order valence-electron chi connectivity index (χ3n) is 3.04. The zero-order valence-electron chi connectivity index (χ0n) is 11.8. The van der Waals surface area contributed by atoms with Crippen LogP contribution >= 0.6 is 23.5 Å². The van der Waals surface area contributed by atoms with Gasteiger partial charge in [-0.25, -0.2) is 0 Å². The summed E-state index contributed by atoms with van der Waals surface area (Å²) in [7, 11) is 0. The van der Waals surface area contributed by atoms with Crippen molar-refractivity contribution in [3.63, 3.8) is 0 Å². The molecule has 2 heterocycles. The van der Waals surface area contributed by atoms with Crippen LogP contribution in [-0.4, -0.2) is 50.0 Å². The van der Waals surface area contributed by atoms with E-state index in [9.17, 15) is 19.8 Å². The van der Waals surface area contributed by atoms with E-state index in [1.54, 1.807) is 6.92 Å². The van der Waals surface area contributed by atoms with Crippen LogP contribution in [0.5, 0.6) is 0 Å². The molecule has 1 fully saturated rings. The van der Waals surface area contributed by atoms with Crippen LogP contribution in [0.1, 0.15) is 13.8 Å². The van der Waals surface area contributed by atoms with Gasteiger partial charge in [-0.15, -0.1) is 11.8 Å². The van der Waals surface area contributed by atoms with Gasteiger partial charge in [-0.05, 0) is 13.8 Å². The number of carbonyl (C=O) groups excluding carboxylic acids is 2. The van der Waals surface area contributed by atoms with Gasteiger partial charge >= 0.3 is 29.6 Å². The van der Waals surface area contributed by atoms with E-state index in [1.807, 2.05) is 0 Å². The van der Waals surface area contributed by atoms with Crippen molar-refractivity contribution in [2.75, 3.05) is 5.75 Å². The summed E-state index contributed by atoms with van der Waals surface area (Å²) in [6, 6.07) is 0. The Labute approximate surface area is 152 Å². The van der Waals surface area contributed by atoms with Gasteiger partial charge in [0.2, 0.25) is 5.91 Å². The Bertz CT molecular complexity index is 523. The zero-order chi connectivity index (χ0) is 15.0. The maximum atomic E-state index is 11.9. The van der Waals surface area contributed by atoms with Crippen molar-refractivity contribution in [1.82, 2.24) is 4.90 Å². The van der Waals surface area contributed by atoms with Crippen molar-refractivity contribution < 1.29 is 54.6 Å². The number of aliphatic hydroxyl groups is 1. The number of rotatable bonds is 5. The average Bonchev–Trinajstić information content (AvgIpc) is 2.69. The van der Waals surface area contributed by atoms with Crippen LogP contribution in [0.2, 0.25) is 0 Å². The SMILES string of the molecule is CC(CSC1=C(C(=O)[O-])N2C(=O)[C@H](C(C)O)[C@H]2S1)=NO.[Na+]. The molecule has 3 atom stereocenters. The van der Waals surface area contributed by atoms with Crippen molar-refractivity contribution in [3.8, 4) is 0 Å². The molecule has 0 aromatic heterocycles. The molecular weight excluding hydrogens is 327 g/mol. The number of aliphatic carboxylic acids is 1. The van der Waals surface area contributed by atoms with Crippen LogP contribution in [0.25, 0.3) is 0 Å². The number of β-lactam (4-membered cyclic amide) rings is 1. The summed E-state index contributed by atoms with van der Waals surface area (Å²) in [5.41, 5.74) is 0.283. The first kappa shape index (κ1) is 18.9. The molecule has 1 amide bonds. The Morgan fingerprint density at radius 2 is 2.24 bits per heavy atom. The van der Waals surface area contributed by atoms with Gasteiger partial charge in [0.25, 0.3) is 0 Å². The number of oxime groups is 1. The third kappa shape index (κ3) is 3.43. The fourth-order valence-electron chi connectivity index (χ4n) is 2.04. The van der Waals surface area contributed by atoms with Crippen LogP contribution < -0.4 is 34.7 Å². The van der Waals surface area contributed by atoms with E-state index in [0.717, 1.165) is 4.90 Å². The van der Waals surface area contributed by atoms with Gasteiger partial charge in [-0.2, -0.15) is 0 Å². The molecule has 1 unspecified atom stereocenters. The van der Waals surface area contributed by atoms with Crippen molar-refractivity contribution >= 4 is 41.1 Å². The predicted molar refractivity (Wildman–Crippen MR) is 72.8 cm³/mol. The zero-order valence-corrected chi connectivity index (χ0v) is 15.4. The van der Waals surface area contributed by atoms with E-state index in [-0.39, 0.29) is 35.3 Å². The first-order valence-electron chi connectivity index (χ1n) is 5.82. The van der Waals surface area contributed by atoms with Gasteiger partial charge in [0, 0.05) is 5.75 Å². The first-order chi connectivity index (χ1) is 9.38. The summed E-state index contributed by atoms with van der Waals surface area (Å²) in [5, 5.41) is 32.0. The fraction of sp³-hybridized carbons (Fsp3) is 0.545. The predicted octanol–water partition coefficient (Wildman–Crippen LogP) is -3.60. The van der Waals surface area contributed by atoms with E-state index in [1.165, 1.54) is 30.4 Å². The Balaban J connectivity index is 0.00000220. The monoisotopic (exact) mass is 340 g/mol. The normalized spacial score (nSPS) is 26.1. The maximum Gasteiger partial charge on any atom is 1.00 e. The van der Waals surface area contributed by atoms with Crippen LogP contribution in [-0.2, 0) is 9.59 Å². The van der Waals surface area contributed by atoms with Crippen LogP contribution in [0.3, 0.4) is 0 Å². The molecular formula is C11H13N2NaO5S2. The number of thioether (sulfide) groups is 2. The first-order valence-corrected chi connectivity index (χ1v) is 7.68. The number of hydrogen-bond acceptors (Lipinski definition) is 8. The van der Waals surface area contributed by atoms with Crippen molar-refractivity contribution in [3.05, 3.63) is 9.93 Å². The molecule has 1 saturated heterocycles. The van der Waals surface area contributed by atoms with Crippen molar-refractivity contribution in [2.45, 2.75) is 25.3 Å². The minimum absolute atomic E-state index is 0. The molecule has 0 saturated carbocycles. The molecule has 2 rings (SSSR count). The second-order valence-electron chi connectivity index (χ2n) is 4.53. The van der Waals surface area contributed by atoms with Gasteiger partial charge < -0.3 is 20.2 Å². The number of carboxylic acids is 1. The molecule has 21 heavy (non-hydrogen) atoms. The molecule has 2 aliphatic rings. The smallest absolute Gasteiger partial charge is 0.543 e. The maximum absolute atomic E-state index is 11.9. The molecule has 110 valence electrons. The minimum Gasteiger partial charge on any atom is -0.543 e. The Morgan fingerprint density at radius 1 is 1.62 bits per heavy atom. The van der Waals surface area contributed by atoms with Gasteiger partial charge in [0.05, 0.1) is 33.6 Å². The summed E-state index contributed by atoms with van der Waals surface area (Å²) in [6.45, 7) is 3.11.